The predicted molar refractivity (Wildman–Crippen MR) is 194 cm³/mol. The molecule has 0 aliphatic carbocycles. The third-order valence-corrected chi connectivity index (χ3v) is 8.96. The SMILES string of the molecule is c1ccc(C2=NC(c3ccc4c(oc5c(-c6ccccc6)cccc54)c3-c3cccc4ccccc34)N=C(c3ccccc3)N2)cc1. The maximum absolute atomic E-state index is 7.01. The maximum atomic E-state index is 7.01. The Morgan fingerprint density at radius 1 is 0.426 bits per heavy atom. The number of rotatable bonds is 5. The number of furan rings is 1. The van der Waals surface area contributed by atoms with Crippen LogP contribution in [-0.4, -0.2) is 11.7 Å². The van der Waals surface area contributed by atoms with Gasteiger partial charge in [-0.25, -0.2) is 9.98 Å². The van der Waals surface area contributed by atoms with Gasteiger partial charge < -0.3 is 9.73 Å². The van der Waals surface area contributed by atoms with Crippen molar-refractivity contribution in [3.05, 3.63) is 180 Å². The van der Waals surface area contributed by atoms with Crippen LogP contribution in [0.25, 0.3) is 55.0 Å². The van der Waals surface area contributed by atoms with Crippen LogP contribution in [0.15, 0.2) is 178 Å². The fraction of sp³-hybridized carbons (Fsp3) is 0.0233. The van der Waals surface area contributed by atoms with Gasteiger partial charge in [0.2, 0.25) is 0 Å². The molecule has 9 rings (SSSR count). The Kier molecular flexibility index (Phi) is 6.50. The molecule has 2 heterocycles. The maximum Gasteiger partial charge on any atom is 0.170 e. The normalized spacial score (nSPS) is 13.4. The molecule has 47 heavy (non-hydrogen) atoms. The van der Waals surface area contributed by atoms with E-state index in [1.54, 1.807) is 0 Å². The van der Waals surface area contributed by atoms with Gasteiger partial charge in [-0.05, 0) is 21.9 Å². The third-order valence-electron chi connectivity index (χ3n) is 8.96. The Morgan fingerprint density at radius 2 is 0.957 bits per heavy atom. The number of fused-ring (bicyclic) bond motifs is 4. The van der Waals surface area contributed by atoms with Crippen LogP contribution in [0.4, 0.5) is 0 Å². The monoisotopic (exact) mass is 603 g/mol. The summed E-state index contributed by atoms with van der Waals surface area (Å²) in [4.78, 5) is 10.5. The summed E-state index contributed by atoms with van der Waals surface area (Å²) in [5.41, 5.74) is 9.00. The lowest BCUT2D eigenvalue weighted by Gasteiger charge is -2.24. The van der Waals surface area contributed by atoms with Crippen LogP contribution in [0.2, 0.25) is 0 Å². The predicted octanol–water partition coefficient (Wildman–Crippen LogP) is 10.6. The van der Waals surface area contributed by atoms with Crippen molar-refractivity contribution >= 4 is 44.4 Å². The fourth-order valence-electron chi connectivity index (χ4n) is 6.73. The summed E-state index contributed by atoms with van der Waals surface area (Å²) in [5.74, 6) is 1.56. The van der Waals surface area contributed by atoms with Gasteiger partial charge in [0.05, 0.1) is 0 Å². The van der Waals surface area contributed by atoms with Gasteiger partial charge in [-0.1, -0.05) is 164 Å². The minimum Gasteiger partial charge on any atom is -0.455 e. The minimum absolute atomic E-state index is 0.512. The fourth-order valence-corrected chi connectivity index (χ4v) is 6.73. The van der Waals surface area contributed by atoms with Crippen molar-refractivity contribution in [1.29, 1.82) is 0 Å². The van der Waals surface area contributed by atoms with Crippen LogP contribution in [0.5, 0.6) is 0 Å². The van der Waals surface area contributed by atoms with E-state index in [1.807, 2.05) is 42.5 Å². The van der Waals surface area contributed by atoms with E-state index >= 15 is 0 Å². The first-order valence-corrected chi connectivity index (χ1v) is 15.9. The molecule has 0 radical (unpaired) electrons. The summed E-state index contributed by atoms with van der Waals surface area (Å²) in [6.45, 7) is 0. The molecule has 0 fully saturated rings. The first-order chi connectivity index (χ1) is 23.3. The van der Waals surface area contributed by atoms with Crippen molar-refractivity contribution in [2.45, 2.75) is 6.17 Å². The summed E-state index contributed by atoms with van der Waals surface area (Å²) >= 11 is 0. The highest BCUT2D eigenvalue weighted by Gasteiger charge is 2.27. The van der Waals surface area contributed by atoms with Gasteiger partial charge >= 0.3 is 0 Å². The topological polar surface area (TPSA) is 49.9 Å². The molecular weight excluding hydrogens is 574 g/mol. The second-order valence-corrected chi connectivity index (χ2v) is 11.8. The molecular formula is C43H29N3O. The van der Waals surface area contributed by atoms with Crippen molar-refractivity contribution in [1.82, 2.24) is 5.32 Å². The molecule has 4 nitrogen and oxygen atoms in total. The summed E-state index contributed by atoms with van der Waals surface area (Å²) < 4.78 is 7.01. The van der Waals surface area contributed by atoms with E-state index in [1.165, 1.54) is 5.39 Å². The lowest BCUT2D eigenvalue weighted by atomic mass is 9.91. The Morgan fingerprint density at radius 3 is 1.66 bits per heavy atom. The zero-order chi connectivity index (χ0) is 31.2. The average Bonchev–Trinajstić information content (AvgIpc) is 3.54. The molecule has 7 aromatic carbocycles. The number of aliphatic imine (C=N–C) groups is 2. The first-order valence-electron chi connectivity index (χ1n) is 15.9. The number of nitrogens with zero attached hydrogens (tertiary/aromatic N) is 2. The van der Waals surface area contributed by atoms with Gasteiger partial charge in [0.1, 0.15) is 22.8 Å². The van der Waals surface area contributed by atoms with Crippen molar-refractivity contribution in [3.63, 3.8) is 0 Å². The van der Waals surface area contributed by atoms with Crippen LogP contribution >= 0.6 is 0 Å². The molecule has 1 aromatic heterocycles. The van der Waals surface area contributed by atoms with Crippen LogP contribution in [-0.2, 0) is 0 Å². The van der Waals surface area contributed by atoms with E-state index in [0.717, 1.165) is 77.9 Å². The number of hydrogen-bond acceptors (Lipinski definition) is 4. The Hall–Kier alpha value is -6.26. The lowest BCUT2D eigenvalue weighted by molar-refractivity contribution is 0.668. The zero-order valence-corrected chi connectivity index (χ0v) is 25.5. The van der Waals surface area contributed by atoms with E-state index in [9.17, 15) is 0 Å². The third kappa shape index (κ3) is 4.70. The molecule has 0 amide bonds. The molecule has 0 atom stereocenters. The van der Waals surface area contributed by atoms with Gasteiger partial charge in [0.25, 0.3) is 0 Å². The van der Waals surface area contributed by atoms with Gasteiger partial charge in [0, 0.05) is 38.6 Å². The highest BCUT2D eigenvalue weighted by atomic mass is 16.3. The summed E-state index contributed by atoms with van der Waals surface area (Å²) in [7, 11) is 0. The first kappa shape index (κ1) is 27.1. The highest BCUT2D eigenvalue weighted by molar-refractivity contribution is 6.17. The number of amidine groups is 2. The largest absolute Gasteiger partial charge is 0.455 e. The van der Waals surface area contributed by atoms with Crippen molar-refractivity contribution in [2.75, 3.05) is 0 Å². The Bertz CT molecular complexity index is 2420. The summed E-state index contributed by atoms with van der Waals surface area (Å²) in [6, 6.07) is 56.7. The van der Waals surface area contributed by atoms with Crippen molar-refractivity contribution < 1.29 is 4.42 Å². The van der Waals surface area contributed by atoms with Crippen LogP contribution in [0.1, 0.15) is 22.9 Å². The molecule has 1 aliphatic rings. The van der Waals surface area contributed by atoms with Gasteiger partial charge in [0.15, 0.2) is 6.17 Å². The van der Waals surface area contributed by atoms with E-state index < -0.39 is 6.17 Å². The minimum atomic E-state index is -0.512. The number of hydrogen-bond donors (Lipinski definition) is 1. The molecule has 0 unspecified atom stereocenters. The average molecular weight is 604 g/mol. The summed E-state index contributed by atoms with van der Waals surface area (Å²) in [6.07, 6.45) is -0.512. The smallest absolute Gasteiger partial charge is 0.170 e. The van der Waals surface area contributed by atoms with Gasteiger partial charge in [-0.2, -0.15) is 0 Å². The van der Waals surface area contributed by atoms with Crippen molar-refractivity contribution in [3.8, 4) is 22.3 Å². The highest BCUT2D eigenvalue weighted by Crippen LogP contribution is 2.45. The molecule has 0 saturated carbocycles. The number of para-hydroxylation sites is 1. The second-order valence-electron chi connectivity index (χ2n) is 11.8. The van der Waals surface area contributed by atoms with Gasteiger partial charge in [-0.15, -0.1) is 0 Å². The van der Waals surface area contributed by atoms with Crippen LogP contribution in [0, 0.1) is 0 Å². The number of nitrogens with one attached hydrogen (secondary N) is 1. The molecule has 1 aliphatic heterocycles. The standard InChI is InChI=1S/C43H29N3O/c1-4-14-29(15-5-1)33-23-13-25-35-36-26-27-37(38(40(36)47-39(33)35)34-24-12-21-28-16-10-11-22-32(28)34)43-45-41(30-17-6-2-7-18-30)44-42(46-43)31-19-8-3-9-20-31/h1-27,43H,(H,44,45,46). The molecule has 222 valence electrons. The van der Waals surface area contributed by atoms with Crippen LogP contribution < -0.4 is 5.32 Å². The van der Waals surface area contributed by atoms with E-state index in [4.69, 9.17) is 14.4 Å². The Labute approximate surface area is 272 Å². The van der Waals surface area contributed by atoms with E-state index in [-0.39, 0.29) is 0 Å². The molecule has 4 heteroatoms. The molecule has 8 aromatic rings. The van der Waals surface area contributed by atoms with E-state index in [0.29, 0.717) is 0 Å². The quantitative estimate of drug-likeness (QED) is 0.213. The molecule has 1 N–H and O–H groups in total. The lowest BCUT2D eigenvalue weighted by Crippen LogP contribution is -2.36. The van der Waals surface area contributed by atoms with Gasteiger partial charge in [-0.3, -0.25) is 0 Å². The molecule has 0 saturated heterocycles. The number of benzene rings is 7. The molecule has 0 bridgehead atoms. The van der Waals surface area contributed by atoms with Crippen LogP contribution in [0.3, 0.4) is 0 Å². The van der Waals surface area contributed by atoms with E-state index in [2.05, 4.69) is 127 Å². The van der Waals surface area contributed by atoms with Crippen molar-refractivity contribution in [2.24, 2.45) is 9.98 Å². The Balaban J connectivity index is 1.35. The molecule has 0 spiro atoms. The zero-order valence-electron chi connectivity index (χ0n) is 25.5. The second kappa shape index (κ2) is 11.3. The summed E-state index contributed by atoms with van der Waals surface area (Å²) in [5, 5.41) is 8.01.